The zero-order valence-corrected chi connectivity index (χ0v) is 24.5. The molecule has 0 spiro atoms. The first-order chi connectivity index (χ1) is 19.0. The van der Waals surface area contributed by atoms with E-state index in [1.165, 1.54) is 22.3 Å². The first kappa shape index (κ1) is 27.2. The van der Waals surface area contributed by atoms with E-state index >= 15 is 0 Å². The monoisotopic (exact) mass is 523 g/mol. The van der Waals surface area contributed by atoms with Gasteiger partial charge in [0, 0.05) is 23.5 Å². The average Bonchev–Trinajstić information content (AvgIpc) is 3.12. The number of aryl methyl sites for hydroxylation is 1. The van der Waals surface area contributed by atoms with E-state index < -0.39 is 0 Å². The molecule has 5 rings (SSSR count). The van der Waals surface area contributed by atoms with E-state index in [2.05, 4.69) is 125 Å². The standard InChI is InChI=1S/C37H37N3/c1-36(2,3)28-13-17-30(18-14-28)40(31-19-15-29(16-20-31)37(4,5)6)35-9-7-8-25-12-21-32-26(22-33(25)35)10-11-27(23-38)34(32)24-39/h7-11,13-20H,12,21-22H2,1-6H3. The minimum absolute atomic E-state index is 0.0754. The molecule has 1 aliphatic carbocycles. The summed E-state index contributed by atoms with van der Waals surface area (Å²) in [5.41, 5.74) is 11.8. The maximum Gasteiger partial charge on any atom is 0.101 e. The van der Waals surface area contributed by atoms with E-state index in [9.17, 15) is 10.5 Å². The number of benzene rings is 4. The number of fused-ring (bicyclic) bond motifs is 2. The summed E-state index contributed by atoms with van der Waals surface area (Å²) in [5, 5.41) is 19.5. The molecule has 40 heavy (non-hydrogen) atoms. The number of rotatable bonds is 3. The van der Waals surface area contributed by atoms with Crippen molar-refractivity contribution in [2.75, 3.05) is 4.90 Å². The molecule has 3 nitrogen and oxygen atoms in total. The largest absolute Gasteiger partial charge is 0.310 e. The summed E-state index contributed by atoms with van der Waals surface area (Å²) in [7, 11) is 0. The fraction of sp³-hybridized carbons (Fsp3) is 0.297. The SMILES string of the molecule is CC(C)(C)c1ccc(N(c2ccc(C(C)(C)C)cc2)c2cccc3c2Cc2ccc(C#N)c(C#N)c2CC3)cc1. The van der Waals surface area contributed by atoms with Crippen LogP contribution in [-0.2, 0) is 30.1 Å². The van der Waals surface area contributed by atoms with Gasteiger partial charge in [-0.05, 0) is 93.5 Å². The molecule has 0 saturated heterocycles. The predicted octanol–water partition coefficient (Wildman–Crippen LogP) is 9.18. The molecule has 0 atom stereocenters. The number of anilines is 3. The molecule has 0 bridgehead atoms. The smallest absolute Gasteiger partial charge is 0.101 e. The third kappa shape index (κ3) is 5.13. The van der Waals surface area contributed by atoms with Crippen LogP contribution in [0.15, 0.2) is 78.9 Å². The van der Waals surface area contributed by atoms with Crippen LogP contribution in [0.4, 0.5) is 17.1 Å². The van der Waals surface area contributed by atoms with Gasteiger partial charge in [-0.3, -0.25) is 0 Å². The fourth-order valence-corrected chi connectivity index (χ4v) is 5.73. The highest BCUT2D eigenvalue weighted by Gasteiger charge is 2.25. The average molecular weight is 524 g/mol. The maximum absolute atomic E-state index is 9.90. The number of hydrogen-bond donors (Lipinski definition) is 0. The maximum atomic E-state index is 9.90. The molecule has 0 heterocycles. The van der Waals surface area contributed by atoms with E-state index in [-0.39, 0.29) is 10.8 Å². The molecule has 0 radical (unpaired) electrons. The number of hydrogen-bond acceptors (Lipinski definition) is 3. The Balaban J connectivity index is 1.68. The van der Waals surface area contributed by atoms with E-state index in [4.69, 9.17) is 0 Å². The van der Waals surface area contributed by atoms with Crippen LogP contribution in [-0.4, -0.2) is 0 Å². The Morgan fingerprint density at radius 1 is 0.600 bits per heavy atom. The van der Waals surface area contributed by atoms with Gasteiger partial charge in [0.25, 0.3) is 0 Å². The van der Waals surface area contributed by atoms with Gasteiger partial charge in [0.15, 0.2) is 0 Å². The molecular weight excluding hydrogens is 486 g/mol. The summed E-state index contributed by atoms with van der Waals surface area (Å²) in [6.45, 7) is 13.5. The summed E-state index contributed by atoms with van der Waals surface area (Å²) in [5.74, 6) is 0. The predicted molar refractivity (Wildman–Crippen MR) is 165 cm³/mol. The molecule has 0 fully saturated rings. The lowest BCUT2D eigenvalue weighted by Gasteiger charge is -2.30. The van der Waals surface area contributed by atoms with Crippen molar-refractivity contribution in [3.05, 3.63) is 123 Å². The molecule has 0 aromatic heterocycles. The fourth-order valence-electron chi connectivity index (χ4n) is 5.73. The second-order valence-corrected chi connectivity index (χ2v) is 12.9. The van der Waals surface area contributed by atoms with Gasteiger partial charge in [0.05, 0.1) is 11.1 Å². The molecule has 4 aromatic carbocycles. The van der Waals surface area contributed by atoms with E-state index in [1.807, 2.05) is 6.07 Å². The summed E-state index contributed by atoms with van der Waals surface area (Å²) in [6, 6.07) is 32.8. The Kier molecular flexibility index (Phi) is 7.03. The topological polar surface area (TPSA) is 50.8 Å². The van der Waals surface area contributed by atoms with Gasteiger partial charge in [-0.15, -0.1) is 0 Å². The molecule has 4 aromatic rings. The van der Waals surface area contributed by atoms with Gasteiger partial charge in [-0.1, -0.05) is 84.0 Å². The van der Waals surface area contributed by atoms with Crippen LogP contribution in [0.2, 0.25) is 0 Å². The van der Waals surface area contributed by atoms with Crippen LogP contribution in [0.3, 0.4) is 0 Å². The lowest BCUT2D eigenvalue weighted by atomic mass is 9.86. The van der Waals surface area contributed by atoms with Crippen LogP contribution in [0.1, 0.15) is 86.1 Å². The van der Waals surface area contributed by atoms with Crippen molar-refractivity contribution >= 4 is 17.1 Å². The van der Waals surface area contributed by atoms with Crippen molar-refractivity contribution in [3.8, 4) is 12.1 Å². The van der Waals surface area contributed by atoms with Gasteiger partial charge >= 0.3 is 0 Å². The van der Waals surface area contributed by atoms with E-state index in [1.54, 1.807) is 6.07 Å². The molecular formula is C37H37N3. The van der Waals surface area contributed by atoms with Crippen molar-refractivity contribution in [3.63, 3.8) is 0 Å². The molecule has 0 unspecified atom stereocenters. The van der Waals surface area contributed by atoms with E-state index in [0.29, 0.717) is 11.1 Å². The molecule has 0 saturated carbocycles. The normalized spacial score (nSPS) is 12.9. The molecule has 200 valence electrons. The molecule has 3 heteroatoms. The highest BCUT2D eigenvalue weighted by Crippen LogP contribution is 2.41. The zero-order valence-electron chi connectivity index (χ0n) is 24.5. The van der Waals surface area contributed by atoms with Crippen LogP contribution < -0.4 is 4.90 Å². The first-order valence-corrected chi connectivity index (χ1v) is 14.1. The van der Waals surface area contributed by atoms with Crippen LogP contribution in [0, 0.1) is 22.7 Å². The Morgan fingerprint density at radius 2 is 1.18 bits per heavy atom. The minimum atomic E-state index is 0.0754. The summed E-state index contributed by atoms with van der Waals surface area (Å²) < 4.78 is 0. The van der Waals surface area contributed by atoms with Crippen LogP contribution >= 0.6 is 0 Å². The van der Waals surface area contributed by atoms with Crippen molar-refractivity contribution in [2.45, 2.75) is 71.6 Å². The van der Waals surface area contributed by atoms with Gasteiger partial charge in [0.1, 0.15) is 12.1 Å². The quantitative estimate of drug-likeness (QED) is 0.269. The Bertz CT molecular complexity index is 1570. The molecule has 0 aliphatic heterocycles. The second kappa shape index (κ2) is 10.3. The van der Waals surface area contributed by atoms with E-state index in [0.717, 1.165) is 47.5 Å². The lowest BCUT2D eigenvalue weighted by molar-refractivity contribution is 0.590. The second-order valence-electron chi connectivity index (χ2n) is 12.9. The van der Waals surface area contributed by atoms with Crippen molar-refractivity contribution in [1.82, 2.24) is 0 Å². The van der Waals surface area contributed by atoms with Crippen LogP contribution in [0.25, 0.3) is 0 Å². The highest BCUT2D eigenvalue weighted by molar-refractivity contribution is 5.80. The molecule has 0 N–H and O–H groups in total. The third-order valence-corrected chi connectivity index (χ3v) is 8.13. The minimum Gasteiger partial charge on any atom is -0.310 e. The van der Waals surface area contributed by atoms with Gasteiger partial charge in [0.2, 0.25) is 0 Å². The summed E-state index contributed by atoms with van der Waals surface area (Å²) >= 11 is 0. The first-order valence-electron chi connectivity index (χ1n) is 14.1. The molecule has 1 aliphatic rings. The number of nitriles is 2. The third-order valence-electron chi connectivity index (χ3n) is 8.13. The summed E-state index contributed by atoms with van der Waals surface area (Å²) in [6.07, 6.45) is 2.31. The van der Waals surface area contributed by atoms with Crippen molar-refractivity contribution in [1.29, 1.82) is 10.5 Å². The van der Waals surface area contributed by atoms with Gasteiger partial charge in [-0.2, -0.15) is 10.5 Å². The van der Waals surface area contributed by atoms with Gasteiger partial charge < -0.3 is 4.90 Å². The molecule has 0 amide bonds. The zero-order chi connectivity index (χ0) is 28.7. The highest BCUT2D eigenvalue weighted by atomic mass is 15.1. The van der Waals surface area contributed by atoms with Crippen molar-refractivity contribution < 1.29 is 0 Å². The summed E-state index contributed by atoms with van der Waals surface area (Å²) in [4.78, 5) is 2.37. The number of nitrogens with zero attached hydrogens (tertiary/aromatic N) is 3. The Labute approximate surface area is 239 Å². The lowest BCUT2D eigenvalue weighted by Crippen LogP contribution is -2.16. The Morgan fingerprint density at radius 3 is 1.68 bits per heavy atom. The van der Waals surface area contributed by atoms with Crippen molar-refractivity contribution in [2.24, 2.45) is 0 Å². The Hall–Kier alpha value is -4.34. The van der Waals surface area contributed by atoms with Crippen LogP contribution in [0.5, 0.6) is 0 Å². The van der Waals surface area contributed by atoms with Gasteiger partial charge in [-0.25, -0.2) is 0 Å².